The van der Waals surface area contributed by atoms with E-state index in [9.17, 15) is 14.3 Å². The van der Waals surface area contributed by atoms with Crippen LogP contribution >= 0.6 is 0 Å². The summed E-state index contributed by atoms with van der Waals surface area (Å²) in [6, 6.07) is 13.9. The quantitative estimate of drug-likeness (QED) is 0.618. The van der Waals surface area contributed by atoms with Crippen LogP contribution in [0.3, 0.4) is 0 Å². The van der Waals surface area contributed by atoms with Crippen LogP contribution in [-0.2, 0) is 13.0 Å². The Kier molecular flexibility index (Phi) is 7.98. The lowest BCUT2D eigenvalue weighted by Crippen LogP contribution is -2.46. The molecule has 8 heteroatoms. The van der Waals surface area contributed by atoms with Crippen molar-refractivity contribution in [1.82, 2.24) is 14.7 Å². The van der Waals surface area contributed by atoms with Crippen LogP contribution < -0.4 is 9.64 Å². The molecule has 2 aromatic rings. The summed E-state index contributed by atoms with van der Waals surface area (Å²) in [6.45, 7) is 7.85. The van der Waals surface area contributed by atoms with Gasteiger partial charge in [0, 0.05) is 65.5 Å². The van der Waals surface area contributed by atoms with Crippen molar-refractivity contribution in [3.63, 3.8) is 0 Å². The average Bonchev–Trinajstić information content (AvgIpc) is 3.01. The van der Waals surface area contributed by atoms with Crippen molar-refractivity contribution in [1.29, 1.82) is 0 Å². The lowest BCUT2D eigenvalue weighted by molar-refractivity contribution is 0.0240. The maximum Gasteiger partial charge on any atom is 0.256 e. The maximum atomic E-state index is 14.7. The Balaban J connectivity index is 1.22. The highest BCUT2D eigenvalue weighted by Gasteiger charge is 2.32. The molecule has 3 aliphatic rings. The molecule has 3 heterocycles. The molecule has 0 bridgehead atoms. The number of aliphatic hydroxyl groups excluding tert-OH is 1. The first kappa shape index (κ1) is 25.9. The molecule has 2 aromatic carbocycles. The zero-order valence-corrected chi connectivity index (χ0v) is 22.0. The van der Waals surface area contributed by atoms with Gasteiger partial charge >= 0.3 is 0 Å². The number of hydrogen-bond donors (Lipinski definition) is 1. The van der Waals surface area contributed by atoms with Crippen LogP contribution in [0.5, 0.6) is 5.75 Å². The van der Waals surface area contributed by atoms with Crippen LogP contribution in [0.2, 0.25) is 0 Å². The van der Waals surface area contributed by atoms with Crippen molar-refractivity contribution in [2.24, 2.45) is 0 Å². The summed E-state index contributed by atoms with van der Waals surface area (Å²) in [4.78, 5) is 21.6. The third-order valence-corrected chi connectivity index (χ3v) is 8.01. The van der Waals surface area contributed by atoms with Crippen molar-refractivity contribution in [3.8, 4) is 5.75 Å². The summed E-state index contributed by atoms with van der Waals surface area (Å²) in [5, 5.41) is 10.9. The van der Waals surface area contributed by atoms with E-state index in [4.69, 9.17) is 4.74 Å². The van der Waals surface area contributed by atoms with E-state index >= 15 is 0 Å². The zero-order valence-electron chi connectivity index (χ0n) is 22.0. The largest absolute Gasteiger partial charge is 0.487 e. The number of fused-ring (bicyclic) bond motifs is 2. The van der Waals surface area contributed by atoms with Crippen LogP contribution in [0.15, 0.2) is 42.5 Å². The first-order chi connectivity index (χ1) is 17.9. The SMILES string of the molecule is CCN1CCC(Oc2ccc3c(c2)N(C)CCN(CC(O)CN2CCc4ccccc4C2)C3=O)C(F)C1. The molecule has 3 atom stereocenters. The number of halogens is 1. The molecule has 0 aliphatic carbocycles. The summed E-state index contributed by atoms with van der Waals surface area (Å²) in [7, 11) is 1.96. The Hall–Kier alpha value is -2.68. The Morgan fingerprint density at radius 3 is 2.65 bits per heavy atom. The summed E-state index contributed by atoms with van der Waals surface area (Å²) in [5.41, 5.74) is 4.07. The van der Waals surface area contributed by atoms with Gasteiger partial charge < -0.3 is 24.5 Å². The number of likely N-dealkylation sites (tertiary alicyclic amines) is 1. The summed E-state index contributed by atoms with van der Waals surface area (Å²) >= 11 is 0. The van der Waals surface area contributed by atoms with Crippen LogP contribution in [0, 0.1) is 0 Å². The van der Waals surface area contributed by atoms with Crippen molar-refractivity contribution < 1.29 is 19.0 Å². The monoisotopic (exact) mass is 510 g/mol. The first-order valence-corrected chi connectivity index (χ1v) is 13.6. The lowest BCUT2D eigenvalue weighted by Gasteiger charge is -2.34. The normalized spacial score (nSPS) is 23.8. The van der Waals surface area contributed by atoms with Gasteiger partial charge in [0.05, 0.1) is 17.4 Å². The Bertz CT molecular complexity index is 1100. The first-order valence-electron chi connectivity index (χ1n) is 13.6. The fourth-order valence-electron chi connectivity index (χ4n) is 5.78. The molecule has 0 saturated carbocycles. The van der Waals surface area contributed by atoms with Gasteiger partial charge in [0.1, 0.15) is 18.0 Å². The molecular weight excluding hydrogens is 471 g/mol. The third kappa shape index (κ3) is 5.92. The molecule has 1 saturated heterocycles. The van der Waals surface area contributed by atoms with Gasteiger partial charge in [-0.3, -0.25) is 9.69 Å². The van der Waals surface area contributed by atoms with Gasteiger partial charge in [-0.2, -0.15) is 0 Å². The van der Waals surface area contributed by atoms with E-state index in [0.717, 1.165) is 38.3 Å². The molecule has 1 N–H and O–H groups in total. The predicted octanol–water partition coefficient (Wildman–Crippen LogP) is 2.81. The highest BCUT2D eigenvalue weighted by molar-refractivity contribution is 6.00. The number of likely N-dealkylation sites (N-methyl/N-ethyl adjacent to an activating group) is 1. The lowest BCUT2D eigenvalue weighted by atomic mass is 10.00. The minimum atomic E-state index is -1.03. The van der Waals surface area contributed by atoms with E-state index in [2.05, 4.69) is 34.1 Å². The van der Waals surface area contributed by atoms with E-state index in [0.29, 0.717) is 50.5 Å². The fraction of sp³-hybridized carbons (Fsp3) is 0.552. The van der Waals surface area contributed by atoms with Gasteiger partial charge in [0.15, 0.2) is 0 Å². The van der Waals surface area contributed by atoms with E-state index in [-0.39, 0.29) is 5.91 Å². The highest BCUT2D eigenvalue weighted by atomic mass is 19.1. The molecule has 5 rings (SSSR count). The molecule has 1 fully saturated rings. The smallest absolute Gasteiger partial charge is 0.256 e. The molecule has 0 radical (unpaired) electrons. The van der Waals surface area contributed by atoms with Gasteiger partial charge in [0.2, 0.25) is 0 Å². The van der Waals surface area contributed by atoms with Gasteiger partial charge in [-0.05, 0) is 42.6 Å². The predicted molar refractivity (Wildman–Crippen MR) is 143 cm³/mol. The van der Waals surface area contributed by atoms with Crippen molar-refractivity contribution >= 4 is 11.6 Å². The molecule has 3 aliphatic heterocycles. The van der Waals surface area contributed by atoms with Crippen LogP contribution in [0.1, 0.15) is 34.8 Å². The molecule has 7 nitrogen and oxygen atoms in total. The number of ether oxygens (including phenoxy) is 1. The number of β-amino-alcohol motifs (C(OH)–C–C–N with tert-alkyl or cyclic N) is 1. The van der Waals surface area contributed by atoms with Crippen molar-refractivity contribution in [3.05, 3.63) is 59.2 Å². The molecule has 0 aromatic heterocycles. The number of rotatable bonds is 7. The molecular formula is C29H39FN4O3. The number of alkyl halides is 1. The second kappa shape index (κ2) is 11.4. The summed E-state index contributed by atoms with van der Waals surface area (Å²) in [5.74, 6) is 0.503. The number of anilines is 1. The Labute approximate surface area is 219 Å². The van der Waals surface area contributed by atoms with E-state index in [1.165, 1.54) is 11.1 Å². The molecule has 3 unspecified atom stereocenters. The van der Waals surface area contributed by atoms with Crippen LogP contribution in [0.4, 0.5) is 10.1 Å². The van der Waals surface area contributed by atoms with Crippen LogP contribution in [-0.4, -0.2) is 103 Å². The molecule has 200 valence electrons. The number of piperidine rings is 1. The molecule has 37 heavy (non-hydrogen) atoms. The minimum absolute atomic E-state index is 0.0893. The number of hydrogen-bond acceptors (Lipinski definition) is 6. The number of amides is 1. The van der Waals surface area contributed by atoms with E-state index in [1.807, 2.05) is 24.9 Å². The zero-order chi connectivity index (χ0) is 25.9. The topological polar surface area (TPSA) is 59.5 Å². The van der Waals surface area contributed by atoms with Gasteiger partial charge in [0.25, 0.3) is 5.91 Å². The Morgan fingerprint density at radius 1 is 1.05 bits per heavy atom. The number of aliphatic hydroxyl groups is 1. The van der Waals surface area contributed by atoms with Gasteiger partial charge in [-0.25, -0.2) is 4.39 Å². The van der Waals surface area contributed by atoms with Gasteiger partial charge in [-0.1, -0.05) is 31.2 Å². The number of nitrogens with zero attached hydrogens (tertiary/aromatic N) is 4. The number of carbonyl (C=O) groups excluding carboxylic acids is 1. The second-order valence-electron chi connectivity index (χ2n) is 10.6. The van der Waals surface area contributed by atoms with E-state index in [1.54, 1.807) is 17.0 Å². The summed E-state index contributed by atoms with van der Waals surface area (Å²) in [6.07, 6.45) is -0.498. The standard InChI is InChI=1S/C29H39FN4O3/c1-3-32-13-11-28(26(30)20-32)37-24-8-9-25-27(16-24)31(2)14-15-34(29(25)36)19-23(35)18-33-12-10-21-6-4-5-7-22(21)17-33/h4-9,16,23,26,28,35H,3,10-15,17-20H2,1-2H3. The van der Waals surface area contributed by atoms with Crippen molar-refractivity contribution in [2.75, 3.05) is 64.3 Å². The minimum Gasteiger partial charge on any atom is -0.487 e. The van der Waals surface area contributed by atoms with Crippen molar-refractivity contribution in [2.45, 2.75) is 44.7 Å². The van der Waals surface area contributed by atoms with Gasteiger partial charge in [-0.15, -0.1) is 0 Å². The average molecular weight is 511 g/mol. The Morgan fingerprint density at radius 2 is 1.86 bits per heavy atom. The third-order valence-electron chi connectivity index (χ3n) is 8.01. The molecule has 1 amide bonds. The highest BCUT2D eigenvalue weighted by Crippen LogP contribution is 2.31. The number of benzene rings is 2. The number of carbonyl (C=O) groups is 1. The molecule has 0 spiro atoms. The second-order valence-corrected chi connectivity index (χ2v) is 10.6. The summed E-state index contributed by atoms with van der Waals surface area (Å²) < 4.78 is 20.7. The van der Waals surface area contributed by atoms with Crippen LogP contribution in [0.25, 0.3) is 0 Å². The fourth-order valence-corrected chi connectivity index (χ4v) is 5.78. The maximum absolute atomic E-state index is 14.7. The van der Waals surface area contributed by atoms with E-state index < -0.39 is 18.4 Å².